The van der Waals surface area contributed by atoms with Gasteiger partial charge in [-0.1, -0.05) is 46.9 Å². The van der Waals surface area contributed by atoms with Gasteiger partial charge in [-0.15, -0.1) is 0 Å². The van der Waals surface area contributed by atoms with Crippen molar-refractivity contribution in [2.24, 2.45) is 0 Å². The van der Waals surface area contributed by atoms with Gasteiger partial charge in [-0.05, 0) is 36.2 Å². The minimum Gasteiger partial charge on any atom is -0.481 e. The molecule has 2 aromatic carbocycles. The summed E-state index contributed by atoms with van der Waals surface area (Å²) in [6, 6.07) is 10.2. The summed E-state index contributed by atoms with van der Waals surface area (Å²) in [6.07, 6.45) is 0.563. The molecule has 0 aliphatic heterocycles. The Morgan fingerprint density at radius 1 is 1.05 bits per heavy atom. The van der Waals surface area contributed by atoms with Gasteiger partial charge in [0.15, 0.2) is 5.75 Å². The Kier molecular flexibility index (Phi) is 5.34. The molecule has 0 spiro atoms. The molecule has 2 rings (SSSR count). The van der Waals surface area contributed by atoms with Crippen LogP contribution in [-0.2, 0) is 11.2 Å². The molecule has 1 N–H and O–H groups in total. The number of rotatable bonds is 5. The fraction of sp³-hybridized carbons (Fsp3) is 0.133. The zero-order chi connectivity index (χ0) is 15.4. The van der Waals surface area contributed by atoms with Crippen LogP contribution in [0.1, 0.15) is 12.0 Å². The van der Waals surface area contributed by atoms with Crippen molar-refractivity contribution in [3.05, 3.63) is 57.0 Å². The Labute approximate surface area is 137 Å². The van der Waals surface area contributed by atoms with Crippen LogP contribution in [0.25, 0.3) is 0 Å². The number of ether oxygens (including phenoxy) is 1. The van der Waals surface area contributed by atoms with Crippen LogP contribution in [0.2, 0.25) is 15.1 Å². The average Bonchev–Trinajstić information content (AvgIpc) is 2.41. The summed E-state index contributed by atoms with van der Waals surface area (Å²) in [7, 11) is 0. The summed E-state index contributed by atoms with van der Waals surface area (Å²) >= 11 is 17.9. The molecule has 0 aliphatic rings. The number of aryl methyl sites for hydroxylation is 1. The van der Waals surface area contributed by atoms with E-state index in [9.17, 15) is 4.79 Å². The van der Waals surface area contributed by atoms with Crippen molar-refractivity contribution in [1.29, 1.82) is 0 Å². The number of aliphatic carboxylic acids is 1. The van der Waals surface area contributed by atoms with E-state index < -0.39 is 5.97 Å². The largest absolute Gasteiger partial charge is 0.481 e. The van der Waals surface area contributed by atoms with Crippen LogP contribution in [0.3, 0.4) is 0 Å². The smallest absolute Gasteiger partial charge is 0.303 e. The van der Waals surface area contributed by atoms with Crippen molar-refractivity contribution in [1.82, 2.24) is 0 Å². The molecule has 0 radical (unpaired) electrons. The second-order valence-corrected chi connectivity index (χ2v) is 5.59. The monoisotopic (exact) mass is 344 g/mol. The lowest BCUT2D eigenvalue weighted by atomic mass is 10.1. The van der Waals surface area contributed by atoms with E-state index in [1.165, 1.54) is 0 Å². The van der Waals surface area contributed by atoms with Crippen LogP contribution in [0.15, 0.2) is 36.4 Å². The van der Waals surface area contributed by atoms with Crippen LogP contribution in [0.4, 0.5) is 0 Å². The Balaban J connectivity index is 2.12. The lowest BCUT2D eigenvalue weighted by molar-refractivity contribution is -0.136. The highest BCUT2D eigenvalue weighted by atomic mass is 35.5. The quantitative estimate of drug-likeness (QED) is 0.783. The average molecular weight is 346 g/mol. The zero-order valence-corrected chi connectivity index (χ0v) is 13.0. The van der Waals surface area contributed by atoms with Gasteiger partial charge in [-0.2, -0.15) is 0 Å². The molecule has 21 heavy (non-hydrogen) atoms. The fourth-order valence-electron chi connectivity index (χ4n) is 1.72. The lowest BCUT2D eigenvalue weighted by Gasteiger charge is -2.10. The van der Waals surface area contributed by atoms with Gasteiger partial charge in [0.25, 0.3) is 0 Å². The molecule has 0 unspecified atom stereocenters. The first kappa shape index (κ1) is 16.0. The maximum absolute atomic E-state index is 10.5. The van der Waals surface area contributed by atoms with Gasteiger partial charge < -0.3 is 9.84 Å². The highest BCUT2D eigenvalue weighted by molar-refractivity contribution is 6.40. The van der Waals surface area contributed by atoms with Crippen molar-refractivity contribution in [2.75, 3.05) is 0 Å². The summed E-state index contributed by atoms with van der Waals surface area (Å²) in [5, 5.41) is 9.72. The minimum atomic E-state index is -0.824. The maximum atomic E-state index is 10.5. The van der Waals surface area contributed by atoms with E-state index in [1.807, 2.05) is 0 Å². The second kappa shape index (κ2) is 7.03. The van der Waals surface area contributed by atoms with Crippen LogP contribution in [0.5, 0.6) is 11.5 Å². The number of carbonyl (C=O) groups is 1. The zero-order valence-electron chi connectivity index (χ0n) is 10.8. The van der Waals surface area contributed by atoms with Gasteiger partial charge in [0.2, 0.25) is 0 Å². The number of carboxylic acids is 1. The highest BCUT2D eigenvalue weighted by Crippen LogP contribution is 2.38. The first-order valence-electron chi connectivity index (χ1n) is 6.09. The van der Waals surface area contributed by atoms with E-state index in [1.54, 1.807) is 36.4 Å². The molecular formula is C15H11Cl3O3. The number of halogens is 3. The molecule has 0 saturated carbocycles. The third-order valence-electron chi connectivity index (χ3n) is 2.73. The predicted molar refractivity (Wildman–Crippen MR) is 83.9 cm³/mol. The van der Waals surface area contributed by atoms with Gasteiger partial charge in [0, 0.05) is 11.4 Å². The van der Waals surface area contributed by atoms with E-state index >= 15 is 0 Å². The molecule has 3 nitrogen and oxygen atoms in total. The van der Waals surface area contributed by atoms with Gasteiger partial charge in [0.1, 0.15) is 5.75 Å². The van der Waals surface area contributed by atoms with Crippen molar-refractivity contribution in [3.8, 4) is 11.5 Å². The molecule has 0 aliphatic carbocycles. The second-order valence-electron chi connectivity index (χ2n) is 4.34. The molecule has 0 fully saturated rings. The molecule has 110 valence electrons. The van der Waals surface area contributed by atoms with E-state index in [0.717, 1.165) is 5.56 Å². The summed E-state index contributed by atoms with van der Waals surface area (Å²) < 4.78 is 5.64. The van der Waals surface area contributed by atoms with Crippen molar-refractivity contribution in [2.45, 2.75) is 12.8 Å². The van der Waals surface area contributed by atoms with Gasteiger partial charge in [-0.25, -0.2) is 0 Å². The van der Waals surface area contributed by atoms with E-state index in [2.05, 4.69) is 0 Å². The molecule has 0 aromatic heterocycles. The first-order valence-corrected chi connectivity index (χ1v) is 7.22. The van der Waals surface area contributed by atoms with E-state index in [0.29, 0.717) is 33.0 Å². The van der Waals surface area contributed by atoms with Gasteiger partial charge in [0.05, 0.1) is 10.0 Å². The third kappa shape index (κ3) is 4.53. The number of carboxylic acid groups (broad SMARTS) is 1. The summed E-state index contributed by atoms with van der Waals surface area (Å²) in [5.41, 5.74) is 0.915. The molecule has 0 saturated heterocycles. The van der Waals surface area contributed by atoms with Crippen molar-refractivity contribution >= 4 is 40.8 Å². The molecule has 0 atom stereocenters. The fourth-order valence-corrected chi connectivity index (χ4v) is 2.61. The normalized spacial score (nSPS) is 10.4. The summed E-state index contributed by atoms with van der Waals surface area (Å²) in [4.78, 5) is 10.5. The Morgan fingerprint density at radius 2 is 1.62 bits per heavy atom. The Morgan fingerprint density at radius 3 is 2.14 bits per heavy atom. The summed E-state index contributed by atoms with van der Waals surface area (Å²) in [5.74, 6) is 0.0660. The van der Waals surface area contributed by atoms with Crippen LogP contribution in [-0.4, -0.2) is 11.1 Å². The van der Waals surface area contributed by atoms with Crippen LogP contribution < -0.4 is 4.74 Å². The molecule has 0 amide bonds. The highest BCUT2D eigenvalue weighted by Gasteiger charge is 2.10. The third-order valence-corrected chi connectivity index (χ3v) is 3.51. The Hall–Kier alpha value is -1.42. The predicted octanol–water partition coefficient (Wildman–Crippen LogP) is 5.46. The topological polar surface area (TPSA) is 46.5 Å². The minimum absolute atomic E-state index is 0.0923. The Bertz CT molecular complexity index is 631. The van der Waals surface area contributed by atoms with E-state index in [-0.39, 0.29) is 6.42 Å². The van der Waals surface area contributed by atoms with Gasteiger partial charge >= 0.3 is 5.97 Å². The van der Waals surface area contributed by atoms with Crippen molar-refractivity contribution < 1.29 is 14.6 Å². The SMILES string of the molecule is O=C(O)CCc1ccc(Oc2c(Cl)cc(Cl)cc2Cl)cc1. The number of hydrogen-bond donors (Lipinski definition) is 1. The molecule has 2 aromatic rings. The molecule has 6 heteroatoms. The van der Waals surface area contributed by atoms with Crippen LogP contribution >= 0.6 is 34.8 Å². The van der Waals surface area contributed by atoms with Crippen molar-refractivity contribution in [3.63, 3.8) is 0 Å². The maximum Gasteiger partial charge on any atom is 0.303 e. The van der Waals surface area contributed by atoms with Crippen LogP contribution in [0, 0.1) is 0 Å². The van der Waals surface area contributed by atoms with E-state index in [4.69, 9.17) is 44.6 Å². The summed E-state index contributed by atoms with van der Waals surface area (Å²) in [6.45, 7) is 0. The molecule has 0 bridgehead atoms. The lowest BCUT2D eigenvalue weighted by Crippen LogP contribution is -1.97. The van der Waals surface area contributed by atoms with Gasteiger partial charge in [-0.3, -0.25) is 4.79 Å². The number of hydrogen-bond acceptors (Lipinski definition) is 2. The first-order chi connectivity index (χ1) is 9.95. The molecule has 0 heterocycles. The standard InChI is InChI=1S/C15H11Cl3O3/c16-10-7-12(17)15(13(18)8-10)21-11-4-1-9(2-5-11)3-6-14(19)20/h1-2,4-5,7-8H,3,6H2,(H,19,20). The molecular weight excluding hydrogens is 335 g/mol. The number of benzene rings is 2.